The van der Waals surface area contributed by atoms with Crippen LogP contribution in [0.5, 0.6) is 0 Å². The first kappa shape index (κ1) is 19.9. The molecule has 4 rings (SSSR count). The Hall–Kier alpha value is -3.41. The lowest BCUT2D eigenvalue weighted by molar-refractivity contribution is 0.102. The van der Waals surface area contributed by atoms with Gasteiger partial charge in [-0.05, 0) is 53.3 Å². The van der Waals surface area contributed by atoms with Crippen molar-refractivity contribution in [3.05, 3.63) is 77.1 Å². The number of nitrogens with zero attached hydrogens (tertiary/aromatic N) is 2. The molecule has 1 aromatic carbocycles. The third-order valence-electron chi connectivity index (χ3n) is 5.22. The van der Waals surface area contributed by atoms with Gasteiger partial charge in [0.05, 0.1) is 17.8 Å². The predicted molar refractivity (Wildman–Crippen MR) is 121 cm³/mol. The highest BCUT2D eigenvalue weighted by Crippen LogP contribution is 2.24. The van der Waals surface area contributed by atoms with Crippen LogP contribution in [0.3, 0.4) is 0 Å². The molecule has 30 heavy (non-hydrogen) atoms. The predicted octanol–water partition coefficient (Wildman–Crippen LogP) is 4.61. The molecule has 6 nitrogen and oxygen atoms in total. The summed E-state index contributed by atoms with van der Waals surface area (Å²) in [5, 5.41) is 9.51. The minimum atomic E-state index is -0.197. The van der Waals surface area contributed by atoms with Crippen LogP contribution in [0.15, 0.2) is 54.7 Å². The zero-order valence-corrected chi connectivity index (χ0v) is 17.6. The first-order chi connectivity index (χ1) is 14.4. The SMILES string of the molecule is CC(C)(C)c1ccc(NC(=O)c2cccnc2NCc2ccc3c(n2)NCC3)cc1. The molecule has 3 aromatic rings. The monoisotopic (exact) mass is 401 g/mol. The van der Waals surface area contributed by atoms with Gasteiger partial charge in [-0.15, -0.1) is 0 Å². The normalized spacial score (nSPS) is 12.8. The van der Waals surface area contributed by atoms with Crippen LogP contribution >= 0.6 is 0 Å². The molecular formula is C24H27N5O. The van der Waals surface area contributed by atoms with Gasteiger partial charge in [0.15, 0.2) is 0 Å². The molecule has 0 aliphatic carbocycles. The highest BCUT2D eigenvalue weighted by Gasteiger charge is 2.16. The Labute approximate surface area is 177 Å². The summed E-state index contributed by atoms with van der Waals surface area (Å²) in [6.07, 6.45) is 2.69. The molecule has 0 spiro atoms. The van der Waals surface area contributed by atoms with Gasteiger partial charge in [0.2, 0.25) is 0 Å². The molecule has 2 aromatic heterocycles. The second-order valence-electron chi connectivity index (χ2n) is 8.52. The van der Waals surface area contributed by atoms with E-state index in [1.807, 2.05) is 30.3 Å². The lowest BCUT2D eigenvalue weighted by atomic mass is 9.87. The largest absolute Gasteiger partial charge is 0.370 e. The maximum absolute atomic E-state index is 12.9. The molecule has 6 heteroatoms. The van der Waals surface area contributed by atoms with Crippen molar-refractivity contribution in [3.63, 3.8) is 0 Å². The molecule has 0 atom stereocenters. The van der Waals surface area contributed by atoms with E-state index in [-0.39, 0.29) is 11.3 Å². The van der Waals surface area contributed by atoms with Crippen molar-refractivity contribution < 1.29 is 4.79 Å². The summed E-state index contributed by atoms with van der Waals surface area (Å²) < 4.78 is 0. The topological polar surface area (TPSA) is 78.9 Å². The first-order valence-electron chi connectivity index (χ1n) is 10.2. The second-order valence-corrected chi connectivity index (χ2v) is 8.52. The van der Waals surface area contributed by atoms with E-state index in [0.29, 0.717) is 17.9 Å². The number of anilines is 3. The van der Waals surface area contributed by atoms with E-state index in [0.717, 1.165) is 30.2 Å². The van der Waals surface area contributed by atoms with E-state index in [1.165, 1.54) is 11.1 Å². The lowest BCUT2D eigenvalue weighted by Gasteiger charge is -2.19. The van der Waals surface area contributed by atoms with E-state index in [2.05, 4.69) is 52.8 Å². The molecule has 0 radical (unpaired) electrons. The molecular weight excluding hydrogens is 374 g/mol. The summed E-state index contributed by atoms with van der Waals surface area (Å²) in [7, 11) is 0. The van der Waals surface area contributed by atoms with Crippen molar-refractivity contribution in [2.45, 2.75) is 39.2 Å². The van der Waals surface area contributed by atoms with Crippen LogP contribution in [0.4, 0.5) is 17.3 Å². The fraction of sp³-hybridized carbons (Fsp3) is 0.292. The number of carbonyl (C=O) groups excluding carboxylic acids is 1. The van der Waals surface area contributed by atoms with Gasteiger partial charge in [0.25, 0.3) is 5.91 Å². The van der Waals surface area contributed by atoms with Gasteiger partial charge in [-0.3, -0.25) is 4.79 Å². The number of fused-ring (bicyclic) bond motifs is 1. The molecule has 3 N–H and O–H groups in total. The van der Waals surface area contributed by atoms with E-state index in [4.69, 9.17) is 0 Å². The molecule has 1 amide bonds. The molecule has 0 bridgehead atoms. The van der Waals surface area contributed by atoms with Crippen molar-refractivity contribution in [2.24, 2.45) is 0 Å². The molecule has 3 heterocycles. The number of hydrogen-bond donors (Lipinski definition) is 3. The summed E-state index contributed by atoms with van der Waals surface area (Å²) in [5.41, 5.74) is 4.70. The van der Waals surface area contributed by atoms with Gasteiger partial charge >= 0.3 is 0 Å². The van der Waals surface area contributed by atoms with Crippen molar-refractivity contribution in [2.75, 3.05) is 22.5 Å². The van der Waals surface area contributed by atoms with Crippen LogP contribution < -0.4 is 16.0 Å². The highest BCUT2D eigenvalue weighted by atomic mass is 16.1. The minimum absolute atomic E-state index is 0.0735. The maximum atomic E-state index is 12.9. The third-order valence-corrected chi connectivity index (χ3v) is 5.22. The Bertz CT molecular complexity index is 1050. The number of pyridine rings is 2. The smallest absolute Gasteiger partial charge is 0.259 e. The third kappa shape index (κ3) is 4.43. The Kier molecular flexibility index (Phi) is 5.40. The van der Waals surface area contributed by atoms with Crippen molar-refractivity contribution in [1.82, 2.24) is 9.97 Å². The number of amides is 1. The number of rotatable bonds is 5. The average Bonchev–Trinajstić information content (AvgIpc) is 3.20. The molecule has 0 saturated heterocycles. The summed E-state index contributed by atoms with van der Waals surface area (Å²) in [6, 6.07) is 15.6. The van der Waals surface area contributed by atoms with Crippen LogP contribution in [0.1, 0.15) is 48.0 Å². The van der Waals surface area contributed by atoms with Crippen molar-refractivity contribution in [3.8, 4) is 0 Å². The molecule has 1 aliphatic heterocycles. The van der Waals surface area contributed by atoms with Gasteiger partial charge in [-0.25, -0.2) is 9.97 Å². The average molecular weight is 402 g/mol. The summed E-state index contributed by atoms with van der Waals surface area (Å²) in [4.78, 5) is 21.9. The van der Waals surface area contributed by atoms with E-state index in [1.54, 1.807) is 18.3 Å². The van der Waals surface area contributed by atoms with Crippen LogP contribution in [-0.4, -0.2) is 22.4 Å². The zero-order chi connectivity index (χ0) is 21.1. The number of carbonyl (C=O) groups is 1. The molecule has 0 saturated carbocycles. The molecule has 1 aliphatic rings. The van der Waals surface area contributed by atoms with Crippen LogP contribution in [0.25, 0.3) is 0 Å². The Morgan fingerprint density at radius 1 is 1.10 bits per heavy atom. The van der Waals surface area contributed by atoms with Crippen LogP contribution in [-0.2, 0) is 18.4 Å². The summed E-state index contributed by atoms with van der Waals surface area (Å²) in [5.74, 6) is 1.29. The number of hydrogen-bond acceptors (Lipinski definition) is 5. The fourth-order valence-corrected chi connectivity index (χ4v) is 3.45. The zero-order valence-electron chi connectivity index (χ0n) is 17.6. The molecule has 0 fully saturated rings. The fourth-order valence-electron chi connectivity index (χ4n) is 3.45. The Morgan fingerprint density at radius 2 is 1.90 bits per heavy atom. The lowest BCUT2D eigenvalue weighted by Crippen LogP contribution is -2.16. The standard InChI is InChI=1S/C24H27N5O/c1-24(2,3)17-7-10-18(11-8-17)29-23(30)20-5-4-13-25-22(20)27-15-19-9-6-16-12-14-26-21(16)28-19/h4-11,13H,12,14-15H2,1-3H3,(H,25,27)(H,26,28)(H,29,30). The molecule has 0 unspecified atom stereocenters. The Balaban J connectivity index is 1.45. The summed E-state index contributed by atoms with van der Waals surface area (Å²) in [6.45, 7) is 7.92. The highest BCUT2D eigenvalue weighted by molar-refractivity contribution is 6.07. The minimum Gasteiger partial charge on any atom is -0.370 e. The van der Waals surface area contributed by atoms with Crippen LogP contribution in [0, 0.1) is 0 Å². The van der Waals surface area contributed by atoms with Gasteiger partial charge in [0.1, 0.15) is 11.6 Å². The van der Waals surface area contributed by atoms with Crippen LogP contribution in [0.2, 0.25) is 0 Å². The van der Waals surface area contributed by atoms with E-state index in [9.17, 15) is 4.79 Å². The van der Waals surface area contributed by atoms with Gasteiger partial charge in [-0.2, -0.15) is 0 Å². The first-order valence-corrected chi connectivity index (χ1v) is 10.2. The number of nitrogens with one attached hydrogen (secondary N) is 3. The second kappa shape index (κ2) is 8.14. The Morgan fingerprint density at radius 3 is 2.67 bits per heavy atom. The van der Waals surface area contributed by atoms with Crippen molar-refractivity contribution >= 4 is 23.2 Å². The van der Waals surface area contributed by atoms with Crippen molar-refractivity contribution in [1.29, 1.82) is 0 Å². The summed E-state index contributed by atoms with van der Waals surface area (Å²) >= 11 is 0. The maximum Gasteiger partial charge on any atom is 0.259 e. The van der Waals surface area contributed by atoms with Gasteiger partial charge in [0, 0.05) is 18.4 Å². The quantitative estimate of drug-likeness (QED) is 0.582. The molecule has 154 valence electrons. The number of benzene rings is 1. The van der Waals surface area contributed by atoms with Gasteiger partial charge < -0.3 is 16.0 Å². The van der Waals surface area contributed by atoms with E-state index < -0.39 is 0 Å². The number of aromatic nitrogens is 2. The van der Waals surface area contributed by atoms with Gasteiger partial charge in [-0.1, -0.05) is 39.0 Å². The van der Waals surface area contributed by atoms with E-state index >= 15 is 0 Å².